The van der Waals surface area contributed by atoms with Crippen molar-refractivity contribution in [1.29, 1.82) is 0 Å². The second kappa shape index (κ2) is 5.64. The summed E-state index contributed by atoms with van der Waals surface area (Å²) in [7, 11) is 1.83. The highest BCUT2D eigenvalue weighted by Crippen LogP contribution is 2.36. The molecule has 3 atom stereocenters. The van der Waals surface area contributed by atoms with Gasteiger partial charge >= 0.3 is 5.97 Å². The van der Waals surface area contributed by atoms with Gasteiger partial charge in [-0.25, -0.2) is 0 Å². The molecule has 1 aromatic heterocycles. The lowest BCUT2D eigenvalue weighted by Gasteiger charge is -2.15. The number of aromatic nitrogens is 2. The summed E-state index contributed by atoms with van der Waals surface area (Å²) < 4.78 is 1.70. The Kier molecular flexibility index (Phi) is 4.11. The Morgan fingerprint density at radius 1 is 1.45 bits per heavy atom. The molecule has 0 aliphatic heterocycles. The summed E-state index contributed by atoms with van der Waals surface area (Å²) in [5, 5.41) is 16.2. The van der Waals surface area contributed by atoms with Gasteiger partial charge in [-0.2, -0.15) is 5.10 Å². The second-order valence-electron chi connectivity index (χ2n) is 5.76. The fourth-order valence-electron chi connectivity index (χ4n) is 2.99. The number of carbonyl (C=O) groups is 2. The molecule has 0 aromatic carbocycles. The van der Waals surface area contributed by atoms with Crippen molar-refractivity contribution in [2.75, 3.05) is 0 Å². The number of carbonyl (C=O) groups excluding carboxylic acids is 1. The number of aryl methyl sites for hydroxylation is 2. The fourth-order valence-corrected chi connectivity index (χ4v) is 2.99. The molecule has 3 unspecified atom stereocenters. The molecule has 1 saturated carbocycles. The van der Waals surface area contributed by atoms with Gasteiger partial charge in [-0.05, 0) is 25.7 Å². The van der Waals surface area contributed by atoms with Crippen molar-refractivity contribution < 1.29 is 14.7 Å². The molecule has 0 radical (unpaired) electrons. The topological polar surface area (TPSA) is 84.2 Å². The van der Waals surface area contributed by atoms with Crippen LogP contribution in [0.4, 0.5) is 0 Å². The number of rotatable bonds is 4. The molecule has 0 spiro atoms. The molecule has 1 aliphatic carbocycles. The summed E-state index contributed by atoms with van der Waals surface area (Å²) in [4.78, 5) is 23.4. The molecule has 0 bridgehead atoms. The molecular weight excluding hydrogens is 258 g/mol. The van der Waals surface area contributed by atoms with Crippen molar-refractivity contribution in [2.45, 2.75) is 33.2 Å². The van der Waals surface area contributed by atoms with Crippen molar-refractivity contribution in [1.82, 2.24) is 15.1 Å². The molecule has 0 saturated heterocycles. The van der Waals surface area contributed by atoms with E-state index in [1.54, 1.807) is 4.68 Å². The first kappa shape index (κ1) is 14.6. The zero-order chi connectivity index (χ0) is 14.9. The van der Waals surface area contributed by atoms with Crippen LogP contribution < -0.4 is 5.32 Å². The van der Waals surface area contributed by atoms with Crippen molar-refractivity contribution in [3.8, 4) is 0 Å². The summed E-state index contributed by atoms with van der Waals surface area (Å²) in [5.41, 5.74) is 1.83. The van der Waals surface area contributed by atoms with Crippen LogP contribution in [0, 0.1) is 24.7 Å². The highest BCUT2D eigenvalue weighted by atomic mass is 16.4. The lowest BCUT2D eigenvalue weighted by atomic mass is 9.95. The lowest BCUT2D eigenvalue weighted by molar-refractivity contribution is -0.146. The summed E-state index contributed by atoms with van der Waals surface area (Å²) in [5.74, 6) is -1.72. The Morgan fingerprint density at radius 2 is 2.10 bits per heavy atom. The number of nitrogens with zero attached hydrogens (tertiary/aromatic N) is 2. The third kappa shape index (κ3) is 3.00. The average molecular weight is 279 g/mol. The van der Waals surface area contributed by atoms with Crippen molar-refractivity contribution >= 4 is 11.9 Å². The van der Waals surface area contributed by atoms with E-state index in [0.717, 1.165) is 11.3 Å². The molecule has 6 heteroatoms. The predicted molar refractivity (Wildman–Crippen MR) is 72.8 cm³/mol. The van der Waals surface area contributed by atoms with Gasteiger partial charge in [-0.1, -0.05) is 6.92 Å². The monoisotopic (exact) mass is 279 g/mol. The highest BCUT2D eigenvalue weighted by Gasteiger charge is 2.41. The number of hydrogen-bond acceptors (Lipinski definition) is 3. The van der Waals surface area contributed by atoms with Crippen LogP contribution in [0.15, 0.2) is 6.20 Å². The molecule has 2 N–H and O–H groups in total. The van der Waals surface area contributed by atoms with Crippen LogP contribution in [0.2, 0.25) is 0 Å². The molecule has 1 fully saturated rings. The number of hydrogen-bond donors (Lipinski definition) is 2. The van der Waals surface area contributed by atoms with Crippen LogP contribution in [-0.2, 0) is 23.2 Å². The minimum absolute atomic E-state index is 0.162. The van der Waals surface area contributed by atoms with Crippen LogP contribution in [0.5, 0.6) is 0 Å². The largest absolute Gasteiger partial charge is 0.481 e. The van der Waals surface area contributed by atoms with E-state index in [9.17, 15) is 14.7 Å². The van der Waals surface area contributed by atoms with E-state index in [1.807, 2.05) is 27.1 Å². The quantitative estimate of drug-likeness (QED) is 0.864. The van der Waals surface area contributed by atoms with Crippen molar-refractivity contribution in [3.63, 3.8) is 0 Å². The van der Waals surface area contributed by atoms with Gasteiger partial charge < -0.3 is 10.4 Å². The minimum atomic E-state index is -0.868. The predicted octanol–water partition coefficient (Wildman–Crippen LogP) is 1.09. The lowest BCUT2D eigenvalue weighted by Crippen LogP contribution is -2.35. The first-order valence-corrected chi connectivity index (χ1v) is 6.88. The number of nitrogens with one attached hydrogen (secondary N) is 1. The first-order valence-electron chi connectivity index (χ1n) is 6.88. The van der Waals surface area contributed by atoms with Gasteiger partial charge in [-0.15, -0.1) is 0 Å². The van der Waals surface area contributed by atoms with Gasteiger partial charge in [-0.3, -0.25) is 14.3 Å². The van der Waals surface area contributed by atoms with E-state index < -0.39 is 17.8 Å². The van der Waals surface area contributed by atoms with Crippen molar-refractivity contribution in [3.05, 3.63) is 17.5 Å². The maximum absolute atomic E-state index is 12.2. The van der Waals surface area contributed by atoms with Gasteiger partial charge in [0, 0.05) is 25.4 Å². The maximum atomic E-state index is 12.2. The summed E-state index contributed by atoms with van der Waals surface area (Å²) in [6, 6.07) is 0. The molecule has 1 aromatic rings. The van der Waals surface area contributed by atoms with E-state index in [1.165, 1.54) is 0 Å². The standard InChI is InChI=1S/C14H21N3O3/c1-8-4-11(12(5-8)14(19)20)13(18)15-6-10-7-17(3)16-9(10)2/h7-8,11-12H,4-6H2,1-3H3,(H,15,18)(H,19,20). The van der Waals surface area contributed by atoms with Crippen molar-refractivity contribution in [2.24, 2.45) is 24.8 Å². The zero-order valence-electron chi connectivity index (χ0n) is 12.1. The Hall–Kier alpha value is -1.85. The molecule has 20 heavy (non-hydrogen) atoms. The fraction of sp³-hybridized carbons (Fsp3) is 0.643. The van der Waals surface area contributed by atoms with Gasteiger partial charge in [0.1, 0.15) is 0 Å². The third-order valence-electron chi connectivity index (χ3n) is 4.02. The van der Waals surface area contributed by atoms with Crippen LogP contribution in [0.3, 0.4) is 0 Å². The van der Waals surface area contributed by atoms with Gasteiger partial charge in [0.05, 0.1) is 17.5 Å². The molecule has 1 amide bonds. The van der Waals surface area contributed by atoms with E-state index in [-0.39, 0.29) is 11.8 Å². The SMILES string of the molecule is Cc1nn(C)cc1CNC(=O)C1CC(C)CC1C(=O)O. The number of aliphatic carboxylic acids is 1. The summed E-state index contributed by atoms with van der Waals surface area (Å²) in [6.45, 7) is 4.28. The van der Waals surface area contributed by atoms with E-state index in [0.29, 0.717) is 19.4 Å². The van der Waals surface area contributed by atoms with Crippen LogP contribution in [-0.4, -0.2) is 26.8 Å². The molecular formula is C14H21N3O3. The smallest absolute Gasteiger partial charge is 0.307 e. The summed E-state index contributed by atoms with van der Waals surface area (Å²) in [6.07, 6.45) is 3.09. The summed E-state index contributed by atoms with van der Waals surface area (Å²) >= 11 is 0. The maximum Gasteiger partial charge on any atom is 0.307 e. The van der Waals surface area contributed by atoms with Crippen LogP contribution in [0.25, 0.3) is 0 Å². The molecule has 1 aliphatic rings. The Bertz CT molecular complexity index is 524. The second-order valence-corrected chi connectivity index (χ2v) is 5.76. The zero-order valence-corrected chi connectivity index (χ0v) is 12.1. The molecule has 110 valence electrons. The minimum Gasteiger partial charge on any atom is -0.481 e. The number of carboxylic acids is 1. The Labute approximate surface area is 118 Å². The average Bonchev–Trinajstić information content (AvgIpc) is 2.89. The van der Waals surface area contributed by atoms with E-state index in [4.69, 9.17) is 0 Å². The normalized spacial score (nSPS) is 25.6. The van der Waals surface area contributed by atoms with Gasteiger partial charge in [0.2, 0.25) is 5.91 Å². The number of amides is 1. The number of carboxylic acid groups (broad SMARTS) is 1. The Morgan fingerprint density at radius 3 is 2.65 bits per heavy atom. The van der Waals surface area contributed by atoms with E-state index >= 15 is 0 Å². The highest BCUT2D eigenvalue weighted by molar-refractivity contribution is 5.85. The first-order chi connectivity index (χ1) is 9.38. The molecule has 1 heterocycles. The van der Waals surface area contributed by atoms with Crippen LogP contribution >= 0.6 is 0 Å². The Balaban J connectivity index is 1.97. The van der Waals surface area contributed by atoms with Gasteiger partial charge in [0.25, 0.3) is 0 Å². The third-order valence-corrected chi connectivity index (χ3v) is 4.02. The van der Waals surface area contributed by atoms with Gasteiger partial charge in [0.15, 0.2) is 0 Å². The molecule has 2 rings (SSSR count). The van der Waals surface area contributed by atoms with E-state index in [2.05, 4.69) is 10.4 Å². The molecule has 6 nitrogen and oxygen atoms in total. The van der Waals surface area contributed by atoms with Crippen LogP contribution in [0.1, 0.15) is 31.0 Å².